The Morgan fingerprint density at radius 1 is 1.33 bits per heavy atom. The number of ether oxygens (including phenoxy) is 3. The summed E-state index contributed by atoms with van der Waals surface area (Å²) >= 11 is 6.00. The van der Waals surface area contributed by atoms with Crippen LogP contribution in [-0.4, -0.2) is 74.2 Å². The number of carbonyl (C=O) groups excluding carboxylic acids is 1. The molecule has 5 rings (SSSR count). The van der Waals surface area contributed by atoms with Crippen molar-refractivity contribution < 1.29 is 37.7 Å². The van der Waals surface area contributed by atoms with Gasteiger partial charge in [-0.05, 0) is 69.3 Å². The Bertz CT molecular complexity index is 1650. The third-order valence-electron chi connectivity index (χ3n) is 7.86. The Hall–Kier alpha value is -3.69. The van der Waals surface area contributed by atoms with Crippen LogP contribution in [0.25, 0.3) is 21.6 Å². The van der Waals surface area contributed by atoms with Gasteiger partial charge < -0.3 is 29.6 Å². The average molecular weight is 680 g/mol. The molecule has 19 heteroatoms. The molecule has 1 unspecified atom stereocenters. The number of nitrogens with zero attached hydrogens (tertiary/aromatic N) is 7. The second-order valence-electron chi connectivity index (χ2n) is 11.2. The number of benzene rings is 1. The van der Waals surface area contributed by atoms with Crippen LogP contribution < -0.4 is 20.1 Å². The highest BCUT2D eigenvalue weighted by Gasteiger charge is 2.55. The predicted octanol–water partition coefficient (Wildman–Crippen LogP) is 4.46. The molecule has 2 fully saturated rings. The summed E-state index contributed by atoms with van der Waals surface area (Å²) in [4.78, 5) is 28.4. The zero-order chi connectivity index (χ0) is 33.1. The number of aromatic nitrogens is 4. The molecule has 0 bridgehead atoms. The number of fused-ring (bicyclic) bond motifs is 1. The number of esters is 1. The van der Waals surface area contributed by atoms with Crippen molar-refractivity contribution in [1.82, 2.24) is 24.6 Å². The van der Waals surface area contributed by atoms with Gasteiger partial charge in [0.2, 0.25) is 11.8 Å². The van der Waals surface area contributed by atoms with E-state index in [1.54, 1.807) is 0 Å². The van der Waals surface area contributed by atoms with Gasteiger partial charge in [0.05, 0.1) is 26.1 Å². The molecular formula is C27H35ClN9O8P. The van der Waals surface area contributed by atoms with Gasteiger partial charge in [0.1, 0.15) is 29.5 Å². The van der Waals surface area contributed by atoms with Crippen molar-refractivity contribution in [3.8, 4) is 11.6 Å². The molecular weight excluding hydrogens is 645 g/mol. The molecule has 3 aromatic rings. The lowest BCUT2D eigenvalue weighted by Gasteiger charge is -2.28. The number of rotatable bonds is 12. The first kappa shape index (κ1) is 33.7. The number of imidazole rings is 1. The summed E-state index contributed by atoms with van der Waals surface area (Å²) in [7, 11) is -2.96. The van der Waals surface area contributed by atoms with E-state index in [4.69, 9.17) is 40.6 Å². The number of nitrogen functional groups attached to an aromatic ring is 1. The Kier molecular flexibility index (Phi) is 10.2. The molecule has 3 heterocycles. The second kappa shape index (κ2) is 14.0. The van der Waals surface area contributed by atoms with Gasteiger partial charge >= 0.3 is 13.7 Å². The van der Waals surface area contributed by atoms with E-state index in [-0.39, 0.29) is 34.8 Å². The molecule has 6 atom stereocenters. The normalized spacial score (nSPS) is 25.4. The summed E-state index contributed by atoms with van der Waals surface area (Å²) in [5.41, 5.74) is 14.1. The SMILES string of the molecule is COc1nc(N)nc2c1ncn2[C@@H]1O[C@H](COP(=O)(N[C@@H](C)C(=O)OC2CCCCC2)Oc2ccc(Cl)cc2)[C@@H](O)[C@@]1(C)N=[N+]=[N-]. The monoisotopic (exact) mass is 679 g/mol. The minimum Gasteiger partial charge on any atom is -0.479 e. The first-order valence-corrected chi connectivity index (χ1v) is 16.5. The van der Waals surface area contributed by atoms with Crippen molar-refractivity contribution in [2.75, 3.05) is 19.5 Å². The largest absolute Gasteiger partial charge is 0.479 e. The molecule has 1 saturated carbocycles. The van der Waals surface area contributed by atoms with Crippen molar-refractivity contribution in [1.29, 1.82) is 0 Å². The van der Waals surface area contributed by atoms with Crippen LogP contribution in [0.4, 0.5) is 5.95 Å². The van der Waals surface area contributed by atoms with Crippen molar-refractivity contribution >= 4 is 42.4 Å². The maximum Gasteiger partial charge on any atom is 0.459 e. The van der Waals surface area contributed by atoms with E-state index < -0.39 is 50.3 Å². The Morgan fingerprint density at radius 2 is 2.04 bits per heavy atom. The molecule has 46 heavy (non-hydrogen) atoms. The quantitative estimate of drug-likeness (QED) is 0.0790. The Labute approximate surface area is 268 Å². The van der Waals surface area contributed by atoms with Gasteiger partial charge in [0.25, 0.3) is 0 Å². The highest BCUT2D eigenvalue weighted by atomic mass is 35.5. The number of methoxy groups -OCH3 is 1. The van der Waals surface area contributed by atoms with Crippen molar-refractivity contribution in [3.63, 3.8) is 0 Å². The minimum absolute atomic E-state index is 0.104. The third-order valence-corrected chi connectivity index (χ3v) is 9.75. The number of aliphatic hydroxyl groups excluding tert-OH is 1. The van der Waals surface area contributed by atoms with E-state index in [2.05, 4.69) is 30.1 Å². The highest BCUT2D eigenvalue weighted by molar-refractivity contribution is 7.52. The third kappa shape index (κ3) is 7.15. The lowest BCUT2D eigenvalue weighted by Crippen LogP contribution is -2.43. The van der Waals surface area contributed by atoms with Gasteiger partial charge in [-0.25, -0.2) is 9.55 Å². The molecule has 248 valence electrons. The van der Waals surface area contributed by atoms with Crippen LogP contribution in [0.15, 0.2) is 35.7 Å². The average Bonchev–Trinajstić information content (AvgIpc) is 3.55. The Morgan fingerprint density at radius 3 is 2.72 bits per heavy atom. The molecule has 1 aliphatic heterocycles. The molecule has 17 nitrogen and oxygen atoms in total. The summed E-state index contributed by atoms with van der Waals surface area (Å²) in [5, 5.41) is 18.3. The lowest BCUT2D eigenvalue weighted by molar-refractivity contribution is -0.152. The van der Waals surface area contributed by atoms with Crippen LogP contribution in [0.2, 0.25) is 5.02 Å². The number of azide groups is 1. The minimum atomic E-state index is -4.35. The molecule has 1 aliphatic carbocycles. The topological polar surface area (TPSA) is 231 Å². The second-order valence-corrected chi connectivity index (χ2v) is 13.3. The van der Waals surface area contributed by atoms with E-state index in [0.29, 0.717) is 5.02 Å². The zero-order valence-electron chi connectivity index (χ0n) is 25.4. The van der Waals surface area contributed by atoms with E-state index in [0.717, 1.165) is 32.1 Å². The molecule has 0 spiro atoms. The lowest BCUT2D eigenvalue weighted by atomic mass is 9.93. The van der Waals surface area contributed by atoms with Crippen LogP contribution in [0.5, 0.6) is 11.6 Å². The standard InChI is InChI=1S/C27H35ClN9O8P/c1-15(24(39)43-17-7-5-4-6-8-17)34-46(40,45-18-11-9-16(28)10-12-18)42-13-19-21(38)27(2,35-36-30)25(44-19)37-14-31-20-22(37)32-26(29)33-23(20)41-3/h9-12,14-15,17,19,21,25,38H,4-8,13H2,1-3H3,(H,34,40)(H2,29,32,33)/t15-,19+,21+,25+,27+,46?/m0/s1. The van der Waals surface area contributed by atoms with Gasteiger partial charge in [-0.15, -0.1) is 0 Å². The number of nitrogens with two attached hydrogens (primary N) is 1. The molecule has 0 radical (unpaired) electrons. The fourth-order valence-electron chi connectivity index (χ4n) is 5.44. The van der Waals surface area contributed by atoms with Crippen molar-refractivity contribution in [2.24, 2.45) is 5.11 Å². The zero-order valence-corrected chi connectivity index (χ0v) is 27.0. The van der Waals surface area contributed by atoms with Crippen LogP contribution >= 0.6 is 19.3 Å². The summed E-state index contributed by atoms with van der Waals surface area (Å²) < 4.78 is 44.1. The molecule has 0 amide bonds. The number of nitrogens with one attached hydrogen (secondary N) is 1. The Balaban J connectivity index is 1.38. The van der Waals surface area contributed by atoms with Crippen molar-refractivity contribution in [3.05, 3.63) is 46.1 Å². The summed E-state index contributed by atoms with van der Waals surface area (Å²) in [6.07, 6.45) is 1.78. The first-order chi connectivity index (χ1) is 22.0. The smallest absolute Gasteiger partial charge is 0.459 e. The number of hydrogen-bond donors (Lipinski definition) is 3. The highest BCUT2D eigenvalue weighted by Crippen LogP contribution is 2.48. The predicted molar refractivity (Wildman–Crippen MR) is 165 cm³/mol. The summed E-state index contributed by atoms with van der Waals surface area (Å²) in [5.74, 6) is -0.494. The molecule has 2 aromatic heterocycles. The molecule has 4 N–H and O–H groups in total. The van der Waals surface area contributed by atoms with Crippen LogP contribution in [0.1, 0.15) is 52.2 Å². The van der Waals surface area contributed by atoms with Crippen molar-refractivity contribution in [2.45, 2.75) is 82.1 Å². The fourth-order valence-corrected chi connectivity index (χ4v) is 7.07. The molecule has 2 aliphatic rings. The number of carbonyl (C=O) groups is 1. The van der Waals surface area contributed by atoms with Gasteiger partial charge in [0, 0.05) is 9.93 Å². The van der Waals surface area contributed by atoms with Gasteiger partial charge in [-0.1, -0.05) is 23.1 Å². The van der Waals surface area contributed by atoms with E-state index in [1.165, 1.54) is 56.1 Å². The van der Waals surface area contributed by atoms with Crippen LogP contribution in [0, 0.1) is 0 Å². The first-order valence-electron chi connectivity index (χ1n) is 14.6. The molecule has 1 saturated heterocycles. The number of hydrogen-bond acceptors (Lipinski definition) is 13. The van der Waals surface area contributed by atoms with E-state index in [1.807, 2.05) is 0 Å². The van der Waals surface area contributed by atoms with Crippen LogP contribution in [0.3, 0.4) is 0 Å². The maximum absolute atomic E-state index is 14.1. The van der Waals surface area contributed by atoms with E-state index >= 15 is 0 Å². The number of aliphatic hydroxyl groups is 1. The van der Waals surface area contributed by atoms with Crippen LogP contribution in [-0.2, 0) is 23.4 Å². The van der Waals surface area contributed by atoms with Gasteiger partial charge in [0.15, 0.2) is 17.4 Å². The fraction of sp³-hybridized carbons (Fsp3) is 0.556. The number of anilines is 1. The maximum atomic E-state index is 14.1. The van der Waals surface area contributed by atoms with E-state index in [9.17, 15) is 20.0 Å². The van der Waals surface area contributed by atoms with Gasteiger partial charge in [-0.2, -0.15) is 15.1 Å². The molecule has 1 aromatic carbocycles. The number of halogens is 1. The van der Waals surface area contributed by atoms with Gasteiger partial charge in [-0.3, -0.25) is 13.9 Å². The summed E-state index contributed by atoms with van der Waals surface area (Å²) in [6.45, 7) is 2.43. The summed E-state index contributed by atoms with van der Waals surface area (Å²) in [6, 6.07) is 4.93.